The third kappa shape index (κ3) is 7.83. The van der Waals surface area contributed by atoms with Crippen LogP contribution in [0.25, 0.3) is 0 Å². The quantitative estimate of drug-likeness (QED) is 0.503. The molecule has 0 heterocycles. The number of carbonyl (C=O) groups excluding carboxylic acids is 1. The van der Waals surface area contributed by atoms with E-state index < -0.39 is 0 Å². The van der Waals surface area contributed by atoms with Gasteiger partial charge in [-0.25, -0.2) is 0 Å². The largest absolute Gasteiger partial charge is 0.469 e. The van der Waals surface area contributed by atoms with E-state index >= 15 is 0 Å². The van der Waals surface area contributed by atoms with Gasteiger partial charge in [0.1, 0.15) is 0 Å². The zero-order valence-corrected chi connectivity index (χ0v) is 13.2. The van der Waals surface area contributed by atoms with E-state index in [1.165, 1.54) is 13.5 Å². The van der Waals surface area contributed by atoms with Crippen LogP contribution < -0.4 is 5.32 Å². The van der Waals surface area contributed by atoms with Crippen LogP contribution in [-0.4, -0.2) is 32.8 Å². The Morgan fingerprint density at radius 2 is 1.86 bits per heavy atom. The number of carbonyl (C=O) groups is 1. The number of unbranched alkanes of at least 4 members (excludes halogenated alkanes) is 1. The summed E-state index contributed by atoms with van der Waals surface area (Å²) in [6.07, 6.45) is 3.64. The molecule has 1 aromatic carbocycles. The van der Waals surface area contributed by atoms with E-state index in [4.69, 9.17) is 9.47 Å². The molecule has 0 saturated carbocycles. The number of rotatable bonds is 11. The fourth-order valence-corrected chi connectivity index (χ4v) is 2.00. The monoisotopic (exact) mass is 293 g/mol. The number of benzene rings is 1. The lowest BCUT2D eigenvalue weighted by Gasteiger charge is -2.10. The van der Waals surface area contributed by atoms with Gasteiger partial charge in [-0.15, -0.1) is 0 Å². The smallest absolute Gasteiger partial charge is 0.309 e. The molecule has 0 aromatic heterocycles. The number of hydrogen-bond acceptors (Lipinski definition) is 4. The maximum Gasteiger partial charge on any atom is 0.309 e. The number of nitrogens with one attached hydrogen (secondary N) is 1. The molecule has 0 aliphatic heterocycles. The van der Waals surface area contributed by atoms with E-state index in [2.05, 4.69) is 12.2 Å². The molecule has 4 heteroatoms. The van der Waals surface area contributed by atoms with Crippen molar-refractivity contribution >= 4 is 5.97 Å². The van der Waals surface area contributed by atoms with Gasteiger partial charge in [0.2, 0.25) is 0 Å². The summed E-state index contributed by atoms with van der Waals surface area (Å²) in [5, 5.41) is 3.39. The van der Waals surface area contributed by atoms with Gasteiger partial charge >= 0.3 is 5.97 Å². The van der Waals surface area contributed by atoms with Crippen molar-refractivity contribution in [3.05, 3.63) is 35.4 Å². The van der Waals surface area contributed by atoms with Crippen LogP contribution in [0.15, 0.2) is 24.3 Å². The van der Waals surface area contributed by atoms with Gasteiger partial charge in [-0.1, -0.05) is 37.6 Å². The van der Waals surface area contributed by atoms with Crippen molar-refractivity contribution in [2.45, 2.75) is 39.2 Å². The molecular weight excluding hydrogens is 266 g/mol. The summed E-state index contributed by atoms with van der Waals surface area (Å²) in [4.78, 5) is 11.4. The molecule has 1 rings (SSSR count). The summed E-state index contributed by atoms with van der Waals surface area (Å²) >= 11 is 0. The highest BCUT2D eigenvalue weighted by Crippen LogP contribution is 2.10. The molecular formula is C17H27NO3. The molecule has 0 spiro atoms. The number of hydrogen-bond donors (Lipinski definition) is 1. The van der Waals surface area contributed by atoms with Crippen molar-refractivity contribution in [2.24, 2.45) is 0 Å². The van der Waals surface area contributed by atoms with Crippen molar-refractivity contribution < 1.29 is 14.3 Å². The van der Waals surface area contributed by atoms with Gasteiger partial charge in [0.05, 0.1) is 13.5 Å². The second-order valence-electron chi connectivity index (χ2n) is 5.02. The van der Waals surface area contributed by atoms with E-state index in [1.807, 2.05) is 24.3 Å². The average molecular weight is 293 g/mol. The number of ether oxygens (including phenoxy) is 2. The van der Waals surface area contributed by atoms with Gasteiger partial charge in [-0.2, -0.15) is 0 Å². The molecule has 0 bridgehead atoms. The Balaban J connectivity index is 2.24. The molecule has 0 aliphatic rings. The Kier molecular flexibility index (Phi) is 9.49. The van der Waals surface area contributed by atoms with E-state index in [-0.39, 0.29) is 5.97 Å². The lowest BCUT2D eigenvalue weighted by molar-refractivity contribution is -0.139. The van der Waals surface area contributed by atoms with Crippen LogP contribution in [0.3, 0.4) is 0 Å². The summed E-state index contributed by atoms with van der Waals surface area (Å²) in [7, 11) is 1.42. The fourth-order valence-electron chi connectivity index (χ4n) is 2.00. The Labute approximate surface area is 127 Å². The predicted molar refractivity (Wildman–Crippen MR) is 84.2 cm³/mol. The van der Waals surface area contributed by atoms with E-state index in [0.29, 0.717) is 6.42 Å². The zero-order chi connectivity index (χ0) is 15.3. The predicted octanol–water partition coefficient (Wildman–Crippen LogP) is 2.70. The molecule has 0 unspecified atom stereocenters. The minimum Gasteiger partial charge on any atom is -0.469 e. The molecule has 0 fully saturated rings. The molecule has 1 N–H and O–H groups in total. The molecule has 0 atom stereocenters. The Morgan fingerprint density at radius 1 is 1.14 bits per heavy atom. The third-order valence-corrected chi connectivity index (χ3v) is 3.28. The van der Waals surface area contributed by atoms with Crippen molar-refractivity contribution in [1.29, 1.82) is 0 Å². The maximum atomic E-state index is 11.4. The van der Waals surface area contributed by atoms with Crippen LogP contribution in [0.4, 0.5) is 0 Å². The standard InChI is InChI=1S/C17H27NO3/c1-3-4-11-21-12-7-10-18-14-16-9-6-5-8-15(16)13-17(19)20-2/h5-6,8-9,18H,3-4,7,10-14H2,1-2H3. The first-order chi connectivity index (χ1) is 10.3. The van der Waals surface area contributed by atoms with Gasteiger partial charge in [-0.3, -0.25) is 4.79 Å². The van der Waals surface area contributed by atoms with Crippen molar-refractivity contribution in [3.63, 3.8) is 0 Å². The maximum absolute atomic E-state index is 11.4. The Morgan fingerprint density at radius 3 is 2.57 bits per heavy atom. The summed E-state index contributed by atoms with van der Waals surface area (Å²) in [6, 6.07) is 7.96. The molecule has 1 aromatic rings. The Bertz CT molecular complexity index is 407. The van der Waals surface area contributed by atoms with Crippen LogP contribution in [0.1, 0.15) is 37.3 Å². The normalized spacial score (nSPS) is 10.6. The van der Waals surface area contributed by atoms with E-state index in [1.54, 1.807) is 0 Å². The second kappa shape index (κ2) is 11.3. The lowest BCUT2D eigenvalue weighted by atomic mass is 10.0. The lowest BCUT2D eigenvalue weighted by Crippen LogP contribution is -2.18. The first-order valence-electron chi connectivity index (χ1n) is 7.70. The van der Waals surface area contributed by atoms with Gasteiger partial charge in [-0.05, 0) is 30.5 Å². The first-order valence-corrected chi connectivity index (χ1v) is 7.70. The van der Waals surface area contributed by atoms with Crippen molar-refractivity contribution in [1.82, 2.24) is 5.32 Å². The molecule has 0 amide bonds. The summed E-state index contributed by atoms with van der Waals surface area (Å²) in [6.45, 7) is 5.51. The minimum atomic E-state index is -0.202. The Hall–Kier alpha value is -1.39. The second-order valence-corrected chi connectivity index (χ2v) is 5.02. The van der Waals surface area contributed by atoms with Crippen molar-refractivity contribution in [2.75, 3.05) is 26.9 Å². The first kappa shape index (κ1) is 17.7. The third-order valence-electron chi connectivity index (χ3n) is 3.28. The van der Waals surface area contributed by atoms with Crippen LogP contribution in [0.2, 0.25) is 0 Å². The highest BCUT2D eigenvalue weighted by Gasteiger charge is 2.07. The molecule has 0 radical (unpaired) electrons. The summed E-state index contributed by atoms with van der Waals surface area (Å²) in [5.74, 6) is -0.202. The zero-order valence-electron chi connectivity index (χ0n) is 13.2. The highest BCUT2D eigenvalue weighted by atomic mass is 16.5. The van der Waals surface area contributed by atoms with Crippen LogP contribution in [0.5, 0.6) is 0 Å². The number of methoxy groups -OCH3 is 1. The minimum absolute atomic E-state index is 0.202. The van der Waals surface area contributed by atoms with Gasteiger partial charge in [0.25, 0.3) is 0 Å². The SMILES string of the molecule is CCCCOCCCNCc1ccccc1CC(=O)OC. The van der Waals surface area contributed by atoms with E-state index in [0.717, 1.165) is 50.3 Å². The molecule has 21 heavy (non-hydrogen) atoms. The molecule has 0 saturated heterocycles. The molecule has 0 aliphatic carbocycles. The van der Waals surface area contributed by atoms with Crippen molar-refractivity contribution in [3.8, 4) is 0 Å². The van der Waals surface area contributed by atoms with Gasteiger partial charge in [0.15, 0.2) is 0 Å². The van der Waals surface area contributed by atoms with Gasteiger partial charge in [0, 0.05) is 19.8 Å². The topological polar surface area (TPSA) is 47.6 Å². The average Bonchev–Trinajstić information content (AvgIpc) is 2.51. The highest BCUT2D eigenvalue weighted by molar-refractivity contribution is 5.72. The number of esters is 1. The van der Waals surface area contributed by atoms with Crippen LogP contribution in [-0.2, 0) is 27.2 Å². The fraction of sp³-hybridized carbons (Fsp3) is 0.588. The van der Waals surface area contributed by atoms with Crippen LogP contribution in [0, 0.1) is 0 Å². The summed E-state index contributed by atoms with van der Waals surface area (Å²) in [5.41, 5.74) is 2.17. The van der Waals surface area contributed by atoms with E-state index in [9.17, 15) is 4.79 Å². The summed E-state index contributed by atoms with van der Waals surface area (Å²) < 4.78 is 10.2. The molecule has 4 nitrogen and oxygen atoms in total. The molecule has 118 valence electrons. The van der Waals surface area contributed by atoms with Gasteiger partial charge < -0.3 is 14.8 Å². The van der Waals surface area contributed by atoms with Crippen LogP contribution >= 0.6 is 0 Å².